The van der Waals surface area contributed by atoms with Crippen molar-refractivity contribution in [3.8, 4) is 0 Å². The molecule has 1 aliphatic rings. The first-order chi connectivity index (χ1) is 13.7. The zero-order chi connectivity index (χ0) is 19.3. The lowest BCUT2D eigenvalue weighted by Gasteiger charge is -2.15. The lowest BCUT2D eigenvalue weighted by atomic mass is 10.1. The van der Waals surface area contributed by atoms with E-state index in [9.17, 15) is 4.79 Å². The van der Waals surface area contributed by atoms with Gasteiger partial charge in [0.15, 0.2) is 5.17 Å². The van der Waals surface area contributed by atoms with Crippen LogP contribution < -0.4 is 4.90 Å². The van der Waals surface area contributed by atoms with Gasteiger partial charge in [-0.2, -0.15) is 0 Å². The highest BCUT2D eigenvalue weighted by Gasteiger charge is 2.34. The maximum absolute atomic E-state index is 13.2. The number of carbonyl (C=O) groups is 1. The summed E-state index contributed by atoms with van der Waals surface area (Å²) in [5.41, 5.74) is 3.94. The van der Waals surface area contributed by atoms with Crippen molar-refractivity contribution in [3.05, 3.63) is 101 Å². The first-order valence-electron chi connectivity index (χ1n) is 9.26. The largest absolute Gasteiger partial charge is 0.271 e. The molecule has 3 aromatic carbocycles. The van der Waals surface area contributed by atoms with Crippen LogP contribution in [0.5, 0.6) is 0 Å². The number of rotatable bonds is 4. The standard InChI is InChI=1S/C24H20N2OS/c1-2-18-13-15-19(16-14-18)17-22-23(27)26(21-11-7-4-8-12-21)24(28-22)25-20-9-5-3-6-10-20/h3-17H,2H2,1H3. The number of benzene rings is 3. The minimum atomic E-state index is -0.0505. The van der Waals surface area contributed by atoms with E-state index < -0.39 is 0 Å². The summed E-state index contributed by atoms with van der Waals surface area (Å²) >= 11 is 1.41. The van der Waals surface area contributed by atoms with E-state index in [-0.39, 0.29) is 5.91 Å². The van der Waals surface area contributed by atoms with Gasteiger partial charge in [0.1, 0.15) is 0 Å². The first-order valence-corrected chi connectivity index (χ1v) is 10.1. The van der Waals surface area contributed by atoms with E-state index in [0.717, 1.165) is 23.4 Å². The van der Waals surface area contributed by atoms with Crippen LogP contribution in [0.3, 0.4) is 0 Å². The maximum Gasteiger partial charge on any atom is 0.271 e. The summed E-state index contributed by atoms with van der Waals surface area (Å²) in [6.07, 6.45) is 2.94. The van der Waals surface area contributed by atoms with Crippen LogP contribution in [0.1, 0.15) is 18.1 Å². The molecule has 3 nitrogen and oxygen atoms in total. The first kappa shape index (κ1) is 18.3. The molecule has 28 heavy (non-hydrogen) atoms. The summed E-state index contributed by atoms with van der Waals surface area (Å²) in [6, 6.07) is 27.7. The Morgan fingerprint density at radius 2 is 1.54 bits per heavy atom. The third kappa shape index (κ3) is 3.92. The average Bonchev–Trinajstić information content (AvgIpc) is 3.04. The van der Waals surface area contributed by atoms with E-state index in [4.69, 9.17) is 4.99 Å². The van der Waals surface area contributed by atoms with Crippen LogP contribution in [0.25, 0.3) is 6.08 Å². The van der Waals surface area contributed by atoms with Gasteiger partial charge in [-0.05, 0) is 59.7 Å². The van der Waals surface area contributed by atoms with E-state index in [1.54, 1.807) is 4.90 Å². The minimum absolute atomic E-state index is 0.0505. The molecule has 138 valence electrons. The normalized spacial score (nSPS) is 16.9. The van der Waals surface area contributed by atoms with Crippen LogP contribution >= 0.6 is 11.8 Å². The molecule has 1 heterocycles. The topological polar surface area (TPSA) is 32.7 Å². The predicted molar refractivity (Wildman–Crippen MR) is 119 cm³/mol. The van der Waals surface area contributed by atoms with E-state index >= 15 is 0 Å². The van der Waals surface area contributed by atoms with Crippen LogP contribution in [0.15, 0.2) is 94.8 Å². The molecule has 4 heteroatoms. The Kier molecular flexibility index (Phi) is 5.40. The van der Waals surface area contributed by atoms with Crippen molar-refractivity contribution >= 4 is 40.3 Å². The molecule has 1 aliphatic heterocycles. The number of aliphatic imine (C=N–C) groups is 1. The second kappa shape index (κ2) is 8.28. The lowest BCUT2D eigenvalue weighted by Crippen LogP contribution is -2.28. The molecule has 0 N–H and O–H groups in total. The highest BCUT2D eigenvalue weighted by atomic mass is 32.2. The summed E-state index contributed by atoms with van der Waals surface area (Å²) < 4.78 is 0. The van der Waals surface area contributed by atoms with Crippen molar-refractivity contribution in [1.82, 2.24) is 0 Å². The third-order valence-corrected chi connectivity index (χ3v) is 5.46. The Morgan fingerprint density at radius 3 is 2.18 bits per heavy atom. The number of amides is 1. The number of carbonyl (C=O) groups excluding carboxylic acids is 1. The molecule has 0 saturated carbocycles. The van der Waals surface area contributed by atoms with Gasteiger partial charge in [-0.15, -0.1) is 0 Å². The highest BCUT2D eigenvalue weighted by molar-refractivity contribution is 8.19. The van der Waals surface area contributed by atoms with Gasteiger partial charge in [0.25, 0.3) is 5.91 Å². The fourth-order valence-corrected chi connectivity index (χ4v) is 3.97. The molecule has 0 bridgehead atoms. The van der Waals surface area contributed by atoms with E-state index in [1.807, 2.05) is 66.7 Å². The molecule has 0 unspecified atom stereocenters. The van der Waals surface area contributed by atoms with Crippen molar-refractivity contribution in [2.45, 2.75) is 13.3 Å². The monoisotopic (exact) mass is 384 g/mol. The predicted octanol–water partition coefficient (Wildman–Crippen LogP) is 6.06. The van der Waals surface area contributed by atoms with Gasteiger partial charge in [-0.1, -0.05) is 67.6 Å². The zero-order valence-electron chi connectivity index (χ0n) is 15.6. The highest BCUT2D eigenvalue weighted by Crippen LogP contribution is 2.37. The second-order valence-corrected chi connectivity index (χ2v) is 7.42. The molecule has 0 spiro atoms. The van der Waals surface area contributed by atoms with E-state index in [2.05, 4.69) is 31.2 Å². The molecule has 0 radical (unpaired) electrons. The molecule has 1 saturated heterocycles. The van der Waals surface area contributed by atoms with Crippen LogP contribution in [0.2, 0.25) is 0 Å². The fraction of sp³-hybridized carbons (Fsp3) is 0.0833. The van der Waals surface area contributed by atoms with Crippen molar-refractivity contribution in [2.24, 2.45) is 4.99 Å². The zero-order valence-corrected chi connectivity index (χ0v) is 16.4. The molecule has 1 fully saturated rings. The molecule has 0 atom stereocenters. The van der Waals surface area contributed by atoms with Gasteiger partial charge in [-0.3, -0.25) is 9.69 Å². The number of anilines is 1. The summed E-state index contributed by atoms with van der Waals surface area (Å²) in [7, 11) is 0. The number of hydrogen-bond donors (Lipinski definition) is 0. The molecule has 0 aliphatic carbocycles. The summed E-state index contributed by atoms with van der Waals surface area (Å²) in [6.45, 7) is 2.13. The summed E-state index contributed by atoms with van der Waals surface area (Å²) in [5, 5.41) is 0.666. The molecule has 1 amide bonds. The molecule has 4 rings (SSSR count). The smallest absolute Gasteiger partial charge is 0.268 e. The van der Waals surface area contributed by atoms with Crippen molar-refractivity contribution in [3.63, 3.8) is 0 Å². The van der Waals surface area contributed by atoms with Gasteiger partial charge in [-0.25, -0.2) is 4.99 Å². The van der Waals surface area contributed by atoms with E-state index in [1.165, 1.54) is 17.3 Å². The number of amidine groups is 1. The van der Waals surface area contributed by atoms with Crippen molar-refractivity contribution in [2.75, 3.05) is 4.90 Å². The Hall–Kier alpha value is -3.11. The molecule has 3 aromatic rings. The minimum Gasteiger partial charge on any atom is -0.268 e. The fourth-order valence-electron chi connectivity index (χ4n) is 2.97. The van der Waals surface area contributed by atoms with Crippen molar-refractivity contribution < 1.29 is 4.79 Å². The van der Waals surface area contributed by atoms with Gasteiger partial charge in [0.2, 0.25) is 0 Å². The Labute approximate surface area is 169 Å². The van der Waals surface area contributed by atoms with Crippen LogP contribution in [-0.4, -0.2) is 11.1 Å². The van der Waals surface area contributed by atoms with Crippen molar-refractivity contribution in [1.29, 1.82) is 0 Å². The average molecular weight is 385 g/mol. The SMILES string of the molecule is CCc1ccc(C=C2SC(=Nc3ccccc3)N(c3ccccc3)C2=O)cc1. The lowest BCUT2D eigenvalue weighted by molar-refractivity contribution is -0.113. The number of aryl methyl sites for hydroxylation is 1. The molecule has 0 aromatic heterocycles. The van der Waals surface area contributed by atoms with Gasteiger partial charge < -0.3 is 0 Å². The number of thioether (sulfide) groups is 1. The Bertz CT molecular complexity index is 1030. The molecular formula is C24H20N2OS. The summed E-state index contributed by atoms with van der Waals surface area (Å²) in [5.74, 6) is -0.0505. The Morgan fingerprint density at radius 1 is 0.893 bits per heavy atom. The number of hydrogen-bond acceptors (Lipinski definition) is 3. The Balaban J connectivity index is 1.73. The van der Waals surface area contributed by atoms with Gasteiger partial charge in [0, 0.05) is 0 Å². The number of nitrogens with zero attached hydrogens (tertiary/aromatic N) is 2. The maximum atomic E-state index is 13.2. The van der Waals surface area contributed by atoms with Gasteiger partial charge >= 0.3 is 0 Å². The van der Waals surface area contributed by atoms with Gasteiger partial charge in [0.05, 0.1) is 16.3 Å². The van der Waals surface area contributed by atoms with E-state index in [0.29, 0.717) is 10.1 Å². The summed E-state index contributed by atoms with van der Waals surface area (Å²) in [4.78, 5) is 20.3. The van der Waals surface area contributed by atoms with Crippen LogP contribution in [0, 0.1) is 0 Å². The quantitative estimate of drug-likeness (QED) is 0.512. The number of para-hydroxylation sites is 2. The second-order valence-electron chi connectivity index (χ2n) is 6.41. The third-order valence-electron chi connectivity index (χ3n) is 4.49. The van der Waals surface area contributed by atoms with Crippen LogP contribution in [0.4, 0.5) is 11.4 Å². The molecular weight excluding hydrogens is 364 g/mol. The van der Waals surface area contributed by atoms with Crippen LogP contribution in [-0.2, 0) is 11.2 Å².